The van der Waals surface area contributed by atoms with Gasteiger partial charge in [-0.15, -0.1) is 0 Å². The average Bonchev–Trinajstić information content (AvgIpc) is 2.23. The number of rotatable bonds is 4. The molecule has 1 aromatic carbocycles. The maximum atomic E-state index is 11.7. The Bertz CT molecular complexity index is 421. The van der Waals surface area contributed by atoms with Crippen LogP contribution in [0.2, 0.25) is 5.02 Å². The number of ether oxygens (including phenoxy) is 1. The Labute approximate surface area is 115 Å². The molecule has 1 aromatic rings. The minimum Gasteiger partial charge on any atom is -0.378 e. The molecule has 0 saturated heterocycles. The molecule has 1 amide bonds. The molecule has 0 aliphatic rings. The Kier molecular flexibility index (Phi) is 4.98. The highest BCUT2D eigenvalue weighted by atomic mass is 79.9. The SMILES string of the molecule is COC(C)(C)CC(=O)Nc1ccc(Br)c(Cl)c1. The summed E-state index contributed by atoms with van der Waals surface area (Å²) in [5.74, 6) is -0.102. The highest BCUT2D eigenvalue weighted by molar-refractivity contribution is 9.10. The number of benzene rings is 1. The molecule has 94 valence electrons. The minimum atomic E-state index is -0.469. The molecule has 1 N–H and O–H groups in total. The van der Waals surface area contributed by atoms with Crippen molar-refractivity contribution < 1.29 is 9.53 Å². The molecule has 0 fully saturated rings. The zero-order valence-electron chi connectivity index (χ0n) is 10.0. The summed E-state index contributed by atoms with van der Waals surface area (Å²) in [5.41, 5.74) is 0.207. The van der Waals surface area contributed by atoms with Gasteiger partial charge in [-0.1, -0.05) is 11.6 Å². The molecule has 0 radical (unpaired) electrons. The van der Waals surface area contributed by atoms with Crippen molar-refractivity contribution >= 4 is 39.1 Å². The van der Waals surface area contributed by atoms with E-state index in [2.05, 4.69) is 21.2 Å². The molecule has 0 aliphatic heterocycles. The van der Waals surface area contributed by atoms with Crippen LogP contribution in [0.25, 0.3) is 0 Å². The Morgan fingerprint density at radius 1 is 1.53 bits per heavy atom. The lowest BCUT2D eigenvalue weighted by Crippen LogP contribution is -2.29. The van der Waals surface area contributed by atoms with Crippen molar-refractivity contribution in [2.45, 2.75) is 25.9 Å². The van der Waals surface area contributed by atoms with Crippen LogP contribution in [0.4, 0.5) is 5.69 Å². The van der Waals surface area contributed by atoms with Gasteiger partial charge in [0.15, 0.2) is 0 Å². The van der Waals surface area contributed by atoms with Crippen molar-refractivity contribution in [3.05, 3.63) is 27.7 Å². The zero-order chi connectivity index (χ0) is 13.1. The van der Waals surface area contributed by atoms with E-state index in [4.69, 9.17) is 16.3 Å². The number of carbonyl (C=O) groups is 1. The van der Waals surface area contributed by atoms with Crippen molar-refractivity contribution in [3.8, 4) is 0 Å². The van der Waals surface area contributed by atoms with Crippen LogP contribution in [-0.2, 0) is 9.53 Å². The number of methoxy groups -OCH3 is 1. The van der Waals surface area contributed by atoms with Gasteiger partial charge in [-0.05, 0) is 48.0 Å². The largest absolute Gasteiger partial charge is 0.378 e. The number of carbonyl (C=O) groups excluding carboxylic acids is 1. The van der Waals surface area contributed by atoms with E-state index in [1.165, 1.54) is 0 Å². The van der Waals surface area contributed by atoms with Gasteiger partial charge in [0, 0.05) is 17.3 Å². The number of halogens is 2. The summed E-state index contributed by atoms with van der Waals surface area (Å²) >= 11 is 9.23. The summed E-state index contributed by atoms with van der Waals surface area (Å²) in [6.45, 7) is 3.72. The van der Waals surface area contributed by atoms with Crippen LogP contribution in [-0.4, -0.2) is 18.6 Å². The fraction of sp³-hybridized carbons (Fsp3) is 0.417. The quantitative estimate of drug-likeness (QED) is 0.915. The zero-order valence-corrected chi connectivity index (χ0v) is 12.4. The molecule has 0 aromatic heterocycles. The molecule has 5 heteroatoms. The fourth-order valence-corrected chi connectivity index (χ4v) is 1.67. The van der Waals surface area contributed by atoms with E-state index in [0.717, 1.165) is 4.47 Å². The number of amides is 1. The predicted molar refractivity (Wildman–Crippen MR) is 73.5 cm³/mol. The van der Waals surface area contributed by atoms with Gasteiger partial charge in [-0.3, -0.25) is 4.79 Å². The number of hydrogen-bond acceptors (Lipinski definition) is 2. The molecule has 0 bridgehead atoms. The molecule has 3 nitrogen and oxygen atoms in total. The third-order valence-electron chi connectivity index (χ3n) is 2.34. The second-order valence-corrected chi connectivity index (χ2v) is 5.58. The molecule has 0 spiro atoms. The summed E-state index contributed by atoms with van der Waals surface area (Å²) < 4.78 is 5.99. The summed E-state index contributed by atoms with van der Waals surface area (Å²) in [7, 11) is 1.59. The second kappa shape index (κ2) is 5.85. The topological polar surface area (TPSA) is 38.3 Å². The average molecular weight is 321 g/mol. The first-order valence-electron chi connectivity index (χ1n) is 5.14. The Hall–Kier alpha value is -0.580. The van der Waals surface area contributed by atoms with E-state index < -0.39 is 5.60 Å². The monoisotopic (exact) mass is 319 g/mol. The normalized spacial score (nSPS) is 11.4. The lowest BCUT2D eigenvalue weighted by molar-refractivity contribution is -0.121. The van der Waals surface area contributed by atoms with Crippen LogP contribution in [0, 0.1) is 0 Å². The van der Waals surface area contributed by atoms with Crippen molar-refractivity contribution in [1.29, 1.82) is 0 Å². The first-order chi connectivity index (χ1) is 7.84. The Balaban J connectivity index is 2.65. The van der Waals surface area contributed by atoms with Gasteiger partial charge in [0.05, 0.1) is 17.0 Å². The lowest BCUT2D eigenvalue weighted by Gasteiger charge is -2.21. The third kappa shape index (κ3) is 4.66. The molecule has 17 heavy (non-hydrogen) atoms. The van der Waals surface area contributed by atoms with Crippen LogP contribution in [0.5, 0.6) is 0 Å². The first kappa shape index (κ1) is 14.5. The molecule has 0 unspecified atom stereocenters. The van der Waals surface area contributed by atoms with Crippen molar-refractivity contribution in [3.63, 3.8) is 0 Å². The molecular formula is C12H15BrClNO2. The van der Waals surface area contributed by atoms with Gasteiger partial charge in [0.1, 0.15) is 0 Å². The Morgan fingerprint density at radius 2 is 2.18 bits per heavy atom. The number of hydrogen-bond donors (Lipinski definition) is 1. The lowest BCUT2D eigenvalue weighted by atomic mass is 10.0. The summed E-state index contributed by atoms with van der Waals surface area (Å²) in [4.78, 5) is 11.7. The van der Waals surface area contributed by atoms with Gasteiger partial charge in [-0.2, -0.15) is 0 Å². The second-order valence-electron chi connectivity index (χ2n) is 4.32. The van der Waals surface area contributed by atoms with Gasteiger partial charge in [0.25, 0.3) is 0 Å². The molecule has 0 atom stereocenters. The maximum absolute atomic E-state index is 11.7. The number of nitrogens with one attached hydrogen (secondary N) is 1. The van der Waals surface area contributed by atoms with E-state index >= 15 is 0 Å². The van der Waals surface area contributed by atoms with Crippen molar-refractivity contribution in [2.24, 2.45) is 0 Å². The smallest absolute Gasteiger partial charge is 0.227 e. The maximum Gasteiger partial charge on any atom is 0.227 e. The minimum absolute atomic E-state index is 0.102. The predicted octanol–water partition coefficient (Wildman–Crippen LogP) is 3.86. The number of anilines is 1. The van der Waals surface area contributed by atoms with Crippen LogP contribution in [0.15, 0.2) is 22.7 Å². The standard InChI is InChI=1S/C12H15BrClNO2/c1-12(2,17-3)7-11(16)15-8-4-5-9(13)10(14)6-8/h4-6H,7H2,1-3H3,(H,15,16). The van der Waals surface area contributed by atoms with Crippen LogP contribution in [0.3, 0.4) is 0 Å². The molecule has 0 saturated carbocycles. The van der Waals surface area contributed by atoms with Crippen molar-refractivity contribution in [1.82, 2.24) is 0 Å². The van der Waals surface area contributed by atoms with Gasteiger partial charge >= 0.3 is 0 Å². The van der Waals surface area contributed by atoms with Crippen LogP contribution in [0.1, 0.15) is 20.3 Å². The van der Waals surface area contributed by atoms with Gasteiger partial charge < -0.3 is 10.1 Å². The van der Waals surface area contributed by atoms with Gasteiger partial charge in [-0.25, -0.2) is 0 Å². The summed E-state index contributed by atoms with van der Waals surface area (Å²) in [5, 5.41) is 3.34. The molecule has 0 aliphatic carbocycles. The van der Waals surface area contributed by atoms with E-state index in [1.54, 1.807) is 25.3 Å². The highest BCUT2D eigenvalue weighted by Gasteiger charge is 2.21. The Morgan fingerprint density at radius 3 is 2.71 bits per heavy atom. The first-order valence-corrected chi connectivity index (χ1v) is 6.31. The third-order valence-corrected chi connectivity index (χ3v) is 3.57. The summed E-state index contributed by atoms with van der Waals surface area (Å²) in [6, 6.07) is 5.27. The van der Waals surface area contributed by atoms with Crippen LogP contribution < -0.4 is 5.32 Å². The fourth-order valence-electron chi connectivity index (χ4n) is 1.24. The summed E-state index contributed by atoms with van der Waals surface area (Å²) in [6.07, 6.45) is 0.289. The van der Waals surface area contributed by atoms with Gasteiger partial charge in [0.2, 0.25) is 5.91 Å². The van der Waals surface area contributed by atoms with E-state index in [9.17, 15) is 4.79 Å². The van der Waals surface area contributed by atoms with E-state index in [1.807, 2.05) is 13.8 Å². The molecular weight excluding hydrogens is 305 g/mol. The van der Waals surface area contributed by atoms with Crippen LogP contribution >= 0.6 is 27.5 Å². The molecule has 1 rings (SSSR count). The van der Waals surface area contributed by atoms with Crippen molar-refractivity contribution in [2.75, 3.05) is 12.4 Å². The van der Waals surface area contributed by atoms with E-state index in [0.29, 0.717) is 10.7 Å². The molecule has 0 heterocycles. The highest BCUT2D eigenvalue weighted by Crippen LogP contribution is 2.25. The van der Waals surface area contributed by atoms with E-state index in [-0.39, 0.29) is 12.3 Å².